The van der Waals surface area contributed by atoms with E-state index >= 15 is 0 Å². The zero-order chi connectivity index (χ0) is 40.7. The molecule has 0 unspecified atom stereocenters. The van der Waals surface area contributed by atoms with Gasteiger partial charge >= 0.3 is 0 Å². The summed E-state index contributed by atoms with van der Waals surface area (Å²) in [5, 5.41) is 9.85. The van der Waals surface area contributed by atoms with Crippen LogP contribution in [-0.4, -0.2) is 4.57 Å². The van der Waals surface area contributed by atoms with Gasteiger partial charge in [0, 0.05) is 75.9 Å². The lowest BCUT2D eigenvalue weighted by atomic mass is 10.0. The first kappa shape index (κ1) is 34.9. The zero-order valence-corrected chi connectivity index (χ0v) is 34.3. The fraction of sp³-hybridized carbons (Fsp3) is 0. The summed E-state index contributed by atoms with van der Waals surface area (Å²) in [4.78, 5) is 2.34. The molecule has 0 radical (unpaired) electrons. The summed E-state index contributed by atoms with van der Waals surface area (Å²) in [5.41, 5.74) is 13.3. The third kappa shape index (κ3) is 5.44. The van der Waals surface area contributed by atoms with Gasteiger partial charge in [0.1, 0.15) is 11.2 Å². The van der Waals surface area contributed by atoms with Crippen LogP contribution < -0.4 is 4.90 Å². The summed E-state index contributed by atoms with van der Waals surface area (Å²) in [6.45, 7) is 0. The van der Waals surface area contributed by atoms with Crippen LogP contribution in [0.15, 0.2) is 223 Å². The van der Waals surface area contributed by atoms with Crippen molar-refractivity contribution in [1.29, 1.82) is 0 Å². The van der Waals surface area contributed by atoms with Crippen LogP contribution in [0.2, 0.25) is 0 Å². The highest BCUT2D eigenvalue weighted by molar-refractivity contribution is 7.26. The number of thiophene rings is 1. The van der Waals surface area contributed by atoms with Gasteiger partial charge < -0.3 is 13.9 Å². The van der Waals surface area contributed by atoms with Gasteiger partial charge in [0.25, 0.3) is 0 Å². The van der Waals surface area contributed by atoms with Gasteiger partial charge in [0.15, 0.2) is 0 Å². The SMILES string of the molecule is c1ccc(-n2c3cc(-c4ccc(N(c5ccc(-c6cccc7c6sc6ccccc67)cc5)c5ccc6c(c5)oc5ccccc56)cc4)ccc3c3ccc4ccccc4c32)cc1. The van der Waals surface area contributed by atoms with Crippen LogP contribution in [0.3, 0.4) is 0 Å². The molecule has 0 atom stereocenters. The summed E-state index contributed by atoms with van der Waals surface area (Å²) >= 11 is 1.87. The Hall–Kier alpha value is -7.92. The lowest BCUT2D eigenvalue weighted by molar-refractivity contribution is 0.669. The highest BCUT2D eigenvalue weighted by Gasteiger charge is 2.19. The van der Waals surface area contributed by atoms with E-state index in [1.165, 1.54) is 69.4 Å². The van der Waals surface area contributed by atoms with E-state index < -0.39 is 0 Å². The Morgan fingerprint density at radius 1 is 0.387 bits per heavy atom. The predicted molar refractivity (Wildman–Crippen MR) is 264 cm³/mol. The summed E-state index contributed by atoms with van der Waals surface area (Å²) in [6.07, 6.45) is 0. The van der Waals surface area contributed by atoms with E-state index in [-0.39, 0.29) is 0 Å². The number of hydrogen-bond acceptors (Lipinski definition) is 3. The summed E-state index contributed by atoms with van der Waals surface area (Å²) in [5.74, 6) is 0. The number of rotatable bonds is 6. The van der Waals surface area contributed by atoms with E-state index in [1.807, 2.05) is 23.5 Å². The molecule has 10 aromatic carbocycles. The Kier molecular flexibility index (Phi) is 7.78. The molecule has 0 bridgehead atoms. The Morgan fingerprint density at radius 3 is 1.85 bits per heavy atom. The maximum Gasteiger partial charge on any atom is 0.137 e. The van der Waals surface area contributed by atoms with Crippen LogP contribution in [0.4, 0.5) is 17.1 Å². The zero-order valence-electron chi connectivity index (χ0n) is 33.5. The first-order valence-electron chi connectivity index (χ1n) is 21.1. The van der Waals surface area contributed by atoms with Crippen molar-refractivity contribution in [3.8, 4) is 27.9 Å². The second-order valence-electron chi connectivity index (χ2n) is 16.1. The van der Waals surface area contributed by atoms with Gasteiger partial charge in [-0.25, -0.2) is 0 Å². The molecule has 4 heteroatoms. The van der Waals surface area contributed by atoms with Gasteiger partial charge in [0.2, 0.25) is 0 Å². The van der Waals surface area contributed by atoms with Crippen molar-refractivity contribution < 1.29 is 4.42 Å². The molecule has 13 rings (SSSR count). The molecule has 3 nitrogen and oxygen atoms in total. The smallest absolute Gasteiger partial charge is 0.137 e. The monoisotopic (exact) mass is 808 g/mol. The standard InChI is InChI=1S/C58H36N2OS/c1-2-12-41(13-3-1)60-53-35-40(26-32-47(53)51-33-25-38-11-4-5-14-45(38)57(51)60)37-21-27-42(28-22-37)59(44-31-34-49-48-15-6-8-19-54(48)61-55(49)36-44)43-29-23-39(24-30-43)46-17-10-18-52-50-16-7-9-20-56(50)62-58(46)52/h1-36H. The first-order chi connectivity index (χ1) is 30.7. The Labute approximate surface area is 361 Å². The van der Waals surface area contributed by atoms with Crippen LogP contribution in [0.25, 0.3) is 103 Å². The van der Waals surface area contributed by atoms with Crippen molar-refractivity contribution in [2.24, 2.45) is 0 Å². The van der Waals surface area contributed by atoms with Crippen molar-refractivity contribution in [3.63, 3.8) is 0 Å². The lowest BCUT2D eigenvalue weighted by Gasteiger charge is -2.26. The second-order valence-corrected chi connectivity index (χ2v) is 17.1. The fourth-order valence-corrected chi connectivity index (χ4v) is 10.9. The molecular weight excluding hydrogens is 773 g/mol. The third-order valence-electron chi connectivity index (χ3n) is 12.6. The fourth-order valence-electron chi connectivity index (χ4n) is 9.67. The normalized spacial score (nSPS) is 11.9. The number of nitrogens with zero attached hydrogens (tertiary/aromatic N) is 2. The molecular formula is C58H36N2OS. The molecule has 290 valence electrons. The summed E-state index contributed by atoms with van der Waals surface area (Å²) in [7, 11) is 0. The molecule has 13 aromatic rings. The highest BCUT2D eigenvalue weighted by atomic mass is 32.1. The number of para-hydroxylation sites is 2. The molecule has 0 aliphatic rings. The van der Waals surface area contributed by atoms with Crippen LogP contribution in [-0.2, 0) is 0 Å². The number of fused-ring (bicyclic) bond motifs is 11. The molecule has 0 spiro atoms. The number of hydrogen-bond donors (Lipinski definition) is 0. The molecule has 0 aliphatic heterocycles. The molecule has 0 amide bonds. The summed E-state index contributed by atoms with van der Waals surface area (Å²) < 4.78 is 11.5. The Morgan fingerprint density at radius 2 is 1.02 bits per heavy atom. The van der Waals surface area contributed by atoms with E-state index in [2.05, 4.69) is 216 Å². The minimum atomic E-state index is 0.869. The van der Waals surface area contributed by atoms with Crippen molar-refractivity contribution in [2.75, 3.05) is 4.90 Å². The second kappa shape index (κ2) is 13.8. The van der Waals surface area contributed by atoms with Crippen molar-refractivity contribution in [2.45, 2.75) is 0 Å². The van der Waals surface area contributed by atoms with Gasteiger partial charge in [0.05, 0.1) is 11.0 Å². The molecule has 3 aromatic heterocycles. The van der Waals surface area contributed by atoms with Crippen LogP contribution in [0, 0.1) is 0 Å². The maximum atomic E-state index is 6.43. The molecule has 3 heterocycles. The molecule has 0 saturated carbocycles. The van der Waals surface area contributed by atoms with Crippen molar-refractivity contribution >= 4 is 103 Å². The van der Waals surface area contributed by atoms with Crippen LogP contribution in [0.1, 0.15) is 0 Å². The Bertz CT molecular complexity index is 3860. The lowest BCUT2D eigenvalue weighted by Crippen LogP contribution is -2.09. The average molecular weight is 809 g/mol. The molecule has 0 saturated heterocycles. The van der Waals surface area contributed by atoms with E-state index in [0.29, 0.717) is 0 Å². The first-order valence-corrected chi connectivity index (χ1v) is 21.9. The third-order valence-corrected chi connectivity index (χ3v) is 13.8. The van der Waals surface area contributed by atoms with E-state index in [1.54, 1.807) is 0 Å². The van der Waals surface area contributed by atoms with Crippen molar-refractivity contribution in [1.82, 2.24) is 4.57 Å². The topological polar surface area (TPSA) is 21.3 Å². The highest BCUT2D eigenvalue weighted by Crippen LogP contribution is 2.44. The van der Waals surface area contributed by atoms with Gasteiger partial charge in [-0.2, -0.15) is 0 Å². The molecule has 0 fully saturated rings. The minimum absolute atomic E-state index is 0.869. The number of benzene rings is 10. The van der Waals surface area contributed by atoms with Crippen LogP contribution in [0.5, 0.6) is 0 Å². The van der Waals surface area contributed by atoms with Gasteiger partial charge in [-0.3, -0.25) is 0 Å². The van der Waals surface area contributed by atoms with Gasteiger partial charge in [-0.1, -0.05) is 146 Å². The maximum absolute atomic E-state index is 6.43. The van der Waals surface area contributed by atoms with E-state index in [9.17, 15) is 0 Å². The predicted octanol–water partition coefficient (Wildman–Crippen LogP) is 17.0. The molecule has 0 N–H and O–H groups in total. The average Bonchev–Trinajstić information content (AvgIpc) is 4.02. The molecule has 0 aliphatic carbocycles. The van der Waals surface area contributed by atoms with Crippen molar-refractivity contribution in [3.05, 3.63) is 218 Å². The minimum Gasteiger partial charge on any atom is -0.456 e. The van der Waals surface area contributed by atoms with Gasteiger partial charge in [-0.05, 0) is 94.4 Å². The quantitative estimate of drug-likeness (QED) is 0.167. The summed E-state index contributed by atoms with van der Waals surface area (Å²) in [6, 6.07) is 79.1. The number of furan rings is 1. The number of anilines is 3. The number of aromatic nitrogens is 1. The van der Waals surface area contributed by atoms with E-state index in [0.717, 1.165) is 50.3 Å². The van der Waals surface area contributed by atoms with Gasteiger partial charge in [-0.15, -0.1) is 11.3 Å². The van der Waals surface area contributed by atoms with E-state index in [4.69, 9.17) is 4.42 Å². The molecule has 62 heavy (non-hydrogen) atoms. The van der Waals surface area contributed by atoms with Crippen LogP contribution >= 0.6 is 11.3 Å². The largest absolute Gasteiger partial charge is 0.456 e. The Balaban J connectivity index is 0.933.